The van der Waals surface area contributed by atoms with E-state index in [1.165, 1.54) is 17.1 Å². The lowest BCUT2D eigenvalue weighted by molar-refractivity contribution is 0.107. The smallest absolute Gasteiger partial charge is 0.243 e. The van der Waals surface area contributed by atoms with Crippen molar-refractivity contribution in [3.63, 3.8) is 0 Å². The van der Waals surface area contributed by atoms with Gasteiger partial charge in [0.25, 0.3) is 0 Å². The Labute approximate surface area is 119 Å². The molecular weight excluding hydrogens is 282 g/mol. The van der Waals surface area contributed by atoms with Crippen molar-refractivity contribution in [3.8, 4) is 0 Å². The minimum atomic E-state index is -3.53. The van der Waals surface area contributed by atoms with Gasteiger partial charge in [-0.1, -0.05) is 0 Å². The van der Waals surface area contributed by atoms with E-state index >= 15 is 0 Å². The molecule has 20 heavy (non-hydrogen) atoms. The van der Waals surface area contributed by atoms with E-state index in [1.807, 2.05) is 6.92 Å². The van der Waals surface area contributed by atoms with Gasteiger partial charge in [-0.15, -0.1) is 0 Å². The lowest BCUT2D eigenvalue weighted by Gasteiger charge is -2.14. The summed E-state index contributed by atoms with van der Waals surface area (Å²) < 4.78 is 33.8. The van der Waals surface area contributed by atoms with Gasteiger partial charge in [-0.05, 0) is 19.8 Å². The Balaban J connectivity index is 1.93. The number of aryl methyl sites for hydroxylation is 1. The summed E-state index contributed by atoms with van der Waals surface area (Å²) in [6, 6.07) is 0. The maximum atomic E-state index is 12.1. The van der Waals surface area contributed by atoms with E-state index in [2.05, 4.69) is 9.82 Å². The molecule has 1 saturated heterocycles. The third-order valence-electron chi connectivity index (χ3n) is 3.53. The molecule has 1 fully saturated rings. The van der Waals surface area contributed by atoms with Gasteiger partial charge in [0.05, 0.1) is 12.3 Å². The molecule has 0 spiro atoms. The number of aliphatic hydroxyl groups is 1. The Bertz CT molecular complexity index is 529. The van der Waals surface area contributed by atoms with E-state index < -0.39 is 10.0 Å². The van der Waals surface area contributed by atoms with Crippen molar-refractivity contribution in [2.24, 2.45) is 5.92 Å². The molecule has 1 aliphatic heterocycles. The first-order chi connectivity index (χ1) is 9.53. The number of hydrogen-bond acceptors (Lipinski definition) is 5. The molecule has 8 heteroatoms. The molecule has 2 atom stereocenters. The summed E-state index contributed by atoms with van der Waals surface area (Å²) in [5.41, 5.74) is 0. The van der Waals surface area contributed by atoms with E-state index in [-0.39, 0.29) is 23.5 Å². The number of aromatic nitrogens is 2. The number of rotatable bonds is 7. The highest BCUT2D eigenvalue weighted by Gasteiger charge is 2.26. The molecule has 0 bridgehead atoms. The lowest BCUT2D eigenvalue weighted by atomic mass is 10.0. The van der Waals surface area contributed by atoms with E-state index in [9.17, 15) is 8.42 Å². The van der Waals surface area contributed by atoms with E-state index in [0.717, 1.165) is 6.42 Å². The zero-order chi connectivity index (χ0) is 14.6. The molecule has 2 heterocycles. The summed E-state index contributed by atoms with van der Waals surface area (Å²) in [5, 5.41) is 12.7. The summed E-state index contributed by atoms with van der Waals surface area (Å²) in [7, 11) is -3.53. The topological polar surface area (TPSA) is 93.5 Å². The fraction of sp³-hybridized carbons (Fsp3) is 0.750. The maximum absolute atomic E-state index is 12.1. The number of aliphatic hydroxyl groups excluding tert-OH is 1. The molecule has 1 aromatic heterocycles. The van der Waals surface area contributed by atoms with Crippen LogP contribution in [0.2, 0.25) is 0 Å². The van der Waals surface area contributed by atoms with Crippen molar-refractivity contribution in [2.75, 3.05) is 19.8 Å². The van der Waals surface area contributed by atoms with Crippen LogP contribution in [0.1, 0.15) is 19.8 Å². The van der Waals surface area contributed by atoms with Crippen LogP contribution < -0.4 is 4.72 Å². The molecule has 0 radical (unpaired) electrons. The fourth-order valence-corrected chi connectivity index (χ4v) is 3.23. The second-order valence-corrected chi connectivity index (χ2v) is 6.76. The van der Waals surface area contributed by atoms with Crippen LogP contribution in [0.3, 0.4) is 0 Å². The van der Waals surface area contributed by atoms with Gasteiger partial charge in [0.2, 0.25) is 10.0 Å². The van der Waals surface area contributed by atoms with Crippen LogP contribution >= 0.6 is 0 Å². The summed E-state index contributed by atoms with van der Waals surface area (Å²) in [4.78, 5) is 0.155. The average Bonchev–Trinajstić information content (AvgIpc) is 3.03. The minimum Gasteiger partial charge on any atom is -0.396 e. The van der Waals surface area contributed by atoms with Gasteiger partial charge >= 0.3 is 0 Å². The van der Waals surface area contributed by atoms with E-state index in [1.54, 1.807) is 0 Å². The molecule has 2 rings (SSSR count). The Morgan fingerprint density at radius 1 is 1.60 bits per heavy atom. The van der Waals surface area contributed by atoms with E-state index in [4.69, 9.17) is 9.84 Å². The van der Waals surface area contributed by atoms with Crippen molar-refractivity contribution >= 4 is 10.0 Å². The molecule has 1 aliphatic rings. The van der Waals surface area contributed by atoms with Crippen molar-refractivity contribution in [2.45, 2.75) is 37.3 Å². The first-order valence-electron chi connectivity index (χ1n) is 6.77. The normalized spacial score (nSPS) is 23.3. The van der Waals surface area contributed by atoms with Crippen LogP contribution in [0, 0.1) is 5.92 Å². The largest absolute Gasteiger partial charge is 0.396 e. The molecule has 1 aromatic rings. The van der Waals surface area contributed by atoms with Gasteiger partial charge < -0.3 is 9.84 Å². The first-order valence-corrected chi connectivity index (χ1v) is 8.26. The summed E-state index contributed by atoms with van der Waals surface area (Å²) >= 11 is 0. The summed E-state index contributed by atoms with van der Waals surface area (Å²) in [6.07, 6.45) is 4.32. The molecule has 2 unspecified atom stereocenters. The van der Waals surface area contributed by atoms with Crippen molar-refractivity contribution in [1.82, 2.24) is 14.5 Å². The molecule has 0 amide bonds. The summed E-state index contributed by atoms with van der Waals surface area (Å²) in [5.74, 6) is 0.217. The third kappa shape index (κ3) is 3.78. The highest BCUT2D eigenvalue weighted by Crippen LogP contribution is 2.20. The van der Waals surface area contributed by atoms with Crippen LogP contribution in [-0.2, 0) is 21.3 Å². The zero-order valence-electron chi connectivity index (χ0n) is 11.5. The lowest BCUT2D eigenvalue weighted by Crippen LogP contribution is -2.31. The quantitative estimate of drug-likeness (QED) is 0.738. The molecular formula is C12H21N3O4S. The Morgan fingerprint density at radius 3 is 3.05 bits per heavy atom. The zero-order valence-corrected chi connectivity index (χ0v) is 12.3. The van der Waals surface area contributed by atoms with Crippen molar-refractivity contribution < 1.29 is 18.3 Å². The monoisotopic (exact) mass is 303 g/mol. The fourth-order valence-electron chi connectivity index (χ4n) is 2.18. The van der Waals surface area contributed by atoms with Crippen molar-refractivity contribution in [1.29, 1.82) is 0 Å². The molecule has 7 nitrogen and oxygen atoms in total. The number of hydrogen-bond donors (Lipinski definition) is 2. The molecule has 114 valence electrons. The number of nitrogens with one attached hydrogen (secondary N) is 1. The van der Waals surface area contributed by atoms with Crippen LogP contribution in [0.4, 0.5) is 0 Å². The second-order valence-electron chi connectivity index (χ2n) is 4.99. The SMILES string of the molecule is CC1OCCC1CNS(=O)(=O)c1cnn(CCCO)c1. The first kappa shape index (κ1) is 15.4. The Morgan fingerprint density at radius 2 is 2.40 bits per heavy atom. The molecule has 2 N–H and O–H groups in total. The van der Waals surface area contributed by atoms with Crippen LogP contribution in [0.15, 0.2) is 17.3 Å². The second kappa shape index (κ2) is 6.66. The maximum Gasteiger partial charge on any atom is 0.243 e. The molecule has 0 aliphatic carbocycles. The third-order valence-corrected chi connectivity index (χ3v) is 4.91. The van der Waals surface area contributed by atoms with Crippen LogP contribution in [0.5, 0.6) is 0 Å². The summed E-state index contributed by atoms with van der Waals surface area (Å²) in [6.45, 7) is 3.58. The van der Waals surface area contributed by atoms with E-state index in [0.29, 0.717) is 26.1 Å². The van der Waals surface area contributed by atoms with Gasteiger partial charge in [-0.3, -0.25) is 4.68 Å². The van der Waals surface area contributed by atoms with Crippen LogP contribution in [-0.4, -0.2) is 49.2 Å². The Hall–Kier alpha value is -0.960. The predicted octanol–water partition coefficient (Wildman–Crippen LogP) is -0.0312. The average molecular weight is 303 g/mol. The highest BCUT2D eigenvalue weighted by molar-refractivity contribution is 7.89. The highest BCUT2D eigenvalue weighted by atomic mass is 32.2. The number of nitrogens with zero attached hydrogens (tertiary/aromatic N) is 2. The number of ether oxygens (including phenoxy) is 1. The van der Waals surface area contributed by atoms with Crippen LogP contribution in [0.25, 0.3) is 0 Å². The number of sulfonamides is 1. The van der Waals surface area contributed by atoms with Gasteiger partial charge in [-0.2, -0.15) is 5.10 Å². The predicted molar refractivity (Wildman–Crippen MR) is 72.6 cm³/mol. The van der Waals surface area contributed by atoms with Gasteiger partial charge in [-0.25, -0.2) is 13.1 Å². The van der Waals surface area contributed by atoms with Crippen molar-refractivity contribution in [3.05, 3.63) is 12.4 Å². The molecule has 0 saturated carbocycles. The van der Waals surface area contributed by atoms with Gasteiger partial charge in [0.1, 0.15) is 4.90 Å². The van der Waals surface area contributed by atoms with Gasteiger partial charge in [0, 0.05) is 38.4 Å². The molecule has 0 aromatic carbocycles. The Kier molecular flexibility index (Phi) is 5.14. The van der Waals surface area contributed by atoms with Gasteiger partial charge in [0.15, 0.2) is 0 Å². The standard InChI is InChI=1S/C12H21N3O4S/c1-10-11(3-6-19-10)7-14-20(17,18)12-8-13-15(9-12)4-2-5-16/h8-11,14,16H,2-7H2,1H3. The minimum absolute atomic E-state index is 0.0553.